The van der Waals surface area contributed by atoms with E-state index >= 15 is 0 Å². The maximum atomic E-state index is 12.9. The third-order valence-corrected chi connectivity index (χ3v) is 5.15. The zero-order chi connectivity index (χ0) is 23.0. The highest BCUT2D eigenvalue weighted by Crippen LogP contribution is 2.26. The van der Waals surface area contributed by atoms with Crippen LogP contribution in [-0.2, 0) is 16.1 Å². The highest BCUT2D eigenvalue weighted by molar-refractivity contribution is 6.31. The molecule has 4 amide bonds. The van der Waals surface area contributed by atoms with Crippen LogP contribution in [0.4, 0.5) is 10.5 Å². The minimum atomic E-state index is -0.824. The summed E-state index contributed by atoms with van der Waals surface area (Å²) in [6.45, 7) is 3.47. The molecule has 1 N–H and O–H groups in total. The van der Waals surface area contributed by atoms with Crippen molar-refractivity contribution in [1.82, 2.24) is 14.8 Å². The average molecular weight is 434 g/mol. The predicted octanol–water partition coefficient (Wildman–Crippen LogP) is 3.26. The summed E-state index contributed by atoms with van der Waals surface area (Å²) >= 11 is 0. The number of benzene rings is 1. The molecule has 0 unspecified atom stereocenters. The van der Waals surface area contributed by atoms with Crippen LogP contribution in [0, 0.1) is 24.0 Å². The van der Waals surface area contributed by atoms with E-state index in [0.29, 0.717) is 22.7 Å². The van der Waals surface area contributed by atoms with Crippen LogP contribution < -0.4 is 5.32 Å². The number of nitrogens with one attached hydrogen (secondary N) is 1. The molecule has 0 aliphatic carbocycles. The molecule has 0 saturated carbocycles. The molecule has 162 valence electrons. The smallest absolute Gasteiger partial charge is 0.331 e. The van der Waals surface area contributed by atoms with Gasteiger partial charge in [0.05, 0.1) is 23.4 Å². The van der Waals surface area contributed by atoms with Crippen molar-refractivity contribution in [1.29, 1.82) is 0 Å². The Hall–Kier alpha value is -4.47. The van der Waals surface area contributed by atoms with E-state index in [9.17, 15) is 24.5 Å². The van der Waals surface area contributed by atoms with E-state index in [1.807, 2.05) is 6.92 Å². The molecule has 1 saturated heterocycles. The Morgan fingerprint density at radius 2 is 1.91 bits per heavy atom. The van der Waals surface area contributed by atoms with E-state index in [0.717, 1.165) is 10.6 Å². The first-order valence-corrected chi connectivity index (χ1v) is 9.61. The Morgan fingerprint density at radius 3 is 2.59 bits per heavy atom. The second kappa shape index (κ2) is 7.99. The molecule has 0 atom stereocenters. The molecule has 10 nitrogen and oxygen atoms in total. The van der Waals surface area contributed by atoms with Crippen molar-refractivity contribution in [2.45, 2.75) is 20.4 Å². The molecule has 1 aromatic carbocycles. The molecule has 4 rings (SSSR count). The molecule has 1 aliphatic rings. The zero-order valence-electron chi connectivity index (χ0n) is 17.2. The number of nitro groups is 1. The number of rotatable bonds is 5. The van der Waals surface area contributed by atoms with Gasteiger partial charge in [0.2, 0.25) is 0 Å². The molecule has 0 bridgehead atoms. The van der Waals surface area contributed by atoms with Gasteiger partial charge in [-0.15, -0.1) is 0 Å². The van der Waals surface area contributed by atoms with Crippen molar-refractivity contribution in [3.63, 3.8) is 0 Å². The molecular weight excluding hydrogens is 416 g/mol. The van der Waals surface area contributed by atoms with Crippen molar-refractivity contribution >= 4 is 29.6 Å². The Labute approximate surface area is 181 Å². The van der Waals surface area contributed by atoms with Crippen molar-refractivity contribution in [3.8, 4) is 5.69 Å². The molecule has 32 heavy (non-hydrogen) atoms. The van der Waals surface area contributed by atoms with Crippen LogP contribution in [0.3, 0.4) is 0 Å². The summed E-state index contributed by atoms with van der Waals surface area (Å²) in [5.41, 5.74) is 2.32. The summed E-state index contributed by atoms with van der Waals surface area (Å²) in [5.74, 6) is -1.14. The van der Waals surface area contributed by atoms with Crippen LogP contribution in [0.2, 0.25) is 0 Å². The quantitative estimate of drug-likeness (QED) is 0.284. The summed E-state index contributed by atoms with van der Waals surface area (Å²) in [4.78, 5) is 49.1. The summed E-state index contributed by atoms with van der Waals surface area (Å²) in [7, 11) is 0. The maximum Gasteiger partial charge on any atom is 0.331 e. The summed E-state index contributed by atoms with van der Waals surface area (Å²) < 4.78 is 6.99. The van der Waals surface area contributed by atoms with Crippen LogP contribution >= 0.6 is 0 Å². The number of urea groups is 1. The summed E-state index contributed by atoms with van der Waals surface area (Å²) in [5, 5.41) is 13.3. The topological polar surface area (TPSA) is 128 Å². The Kier molecular flexibility index (Phi) is 5.19. The summed E-state index contributed by atoms with van der Waals surface area (Å²) in [6, 6.07) is 10.3. The first-order valence-electron chi connectivity index (χ1n) is 9.61. The predicted molar refractivity (Wildman–Crippen MR) is 113 cm³/mol. The van der Waals surface area contributed by atoms with E-state index in [2.05, 4.69) is 5.32 Å². The number of carbonyl (C=O) groups excluding carboxylic acids is 3. The van der Waals surface area contributed by atoms with E-state index in [-0.39, 0.29) is 17.8 Å². The van der Waals surface area contributed by atoms with Gasteiger partial charge >= 0.3 is 6.03 Å². The number of non-ortho nitro benzene ring substituents is 1. The first kappa shape index (κ1) is 20.8. The normalized spacial score (nSPS) is 15.4. The second-order valence-corrected chi connectivity index (χ2v) is 7.23. The van der Waals surface area contributed by atoms with Gasteiger partial charge in [0, 0.05) is 23.5 Å². The Bertz CT molecular complexity index is 1290. The number of nitro benzene ring substituents is 1. The molecule has 1 aliphatic heterocycles. The number of aryl methyl sites for hydroxylation is 1. The average Bonchev–Trinajstić information content (AvgIpc) is 3.36. The fourth-order valence-electron chi connectivity index (χ4n) is 3.63. The highest BCUT2D eigenvalue weighted by Gasteiger charge is 2.36. The number of barbiturate groups is 1. The minimum absolute atomic E-state index is 0.0520. The third kappa shape index (κ3) is 3.69. The van der Waals surface area contributed by atoms with Crippen LogP contribution in [0.25, 0.3) is 11.8 Å². The van der Waals surface area contributed by atoms with Gasteiger partial charge in [-0.05, 0) is 49.8 Å². The lowest BCUT2D eigenvalue weighted by Crippen LogP contribution is -2.53. The molecule has 3 heterocycles. The number of furan rings is 1. The van der Waals surface area contributed by atoms with Crippen molar-refractivity contribution < 1.29 is 23.7 Å². The molecule has 10 heteroatoms. The highest BCUT2D eigenvalue weighted by atomic mass is 16.6. The molecule has 2 aromatic heterocycles. The molecule has 0 radical (unpaired) electrons. The largest absolute Gasteiger partial charge is 0.467 e. The van der Waals surface area contributed by atoms with Gasteiger partial charge in [-0.2, -0.15) is 0 Å². The third-order valence-electron chi connectivity index (χ3n) is 5.15. The molecule has 0 spiro atoms. The minimum Gasteiger partial charge on any atom is -0.467 e. The van der Waals surface area contributed by atoms with Crippen molar-refractivity contribution in [3.05, 3.63) is 87.1 Å². The lowest BCUT2D eigenvalue weighted by molar-refractivity contribution is -0.384. The van der Waals surface area contributed by atoms with Gasteiger partial charge in [0.15, 0.2) is 0 Å². The van der Waals surface area contributed by atoms with Crippen LogP contribution in [-0.4, -0.2) is 32.2 Å². The maximum absolute atomic E-state index is 12.9. The summed E-state index contributed by atoms with van der Waals surface area (Å²) in [6.07, 6.45) is 2.84. The fraction of sp³-hybridized carbons (Fsp3) is 0.136. The molecule has 1 fully saturated rings. The van der Waals surface area contributed by atoms with E-state index in [1.54, 1.807) is 41.8 Å². The van der Waals surface area contributed by atoms with Gasteiger partial charge in [0.25, 0.3) is 17.5 Å². The van der Waals surface area contributed by atoms with Crippen LogP contribution in [0.1, 0.15) is 22.7 Å². The van der Waals surface area contributed by atoms with Gasteiger partial charge in [0.1, 0.15) is 11.3 Å². The number of amides is 4. The number of aromatic nitrogens is 1. The second-order valence-electron chi connectivity index (χ2n) is 7.23. The van der Waals surface area contributed by atoms with Gasteiger partial charge < -0.3 is 8.98 Å². The number of nitrogens with zero attached hydrogens (tertiary/aromatic N) is 3. The van der Waals surface area contributed by atoms with Crippen molar-refractivity contribution in [2.75, 3.05) is 0 Å². The molecular formula is C22H18N4O6. The van der Waals surface area contributed by atoms with E-state index in [1.165, 1.54) is 24.5 Å². The number of hydrogen-bond acceptors (Lipinski definition) is 6. The van der Waals surface area contributed by atoms with E-state index < -0.39 is 22.8 Å². The lowest BCUT2D eigenvalue weighted by atomic mass is 10.1. The number of imide groups is 2. The van der Waals surface area contributed by atoms with Crippen LogP contribution in [0.5, 0.6) is 0 Å². The fourth-order valence-corrected chi connectivity index (χ4v) is 3.63. The Balaban J connectivity index is 1.71. The standard InChI is InChI=1S/C22H18N4O6/c1-13-9-15(14(2)25(13)16-5-3-6-17(11-16)26(30)31)10-19-20(27)23-22(29)24(21(19)28)12-18-7-4-8-32-18/h3-11H,12H2,1-2H3,(H,23,27,29)/b19-10+. The van der Waals surface area contributed by atoms with Gasteiger partial charge in [-0.1, -0.05) is 6.07 Å². The Morgan fingerprint density at radius 1 is 1.12 bits per heavy atom. The number of carbonyl (C=O) groups is 3. The molecule has 3 aromatic rings. The lowest BCUT2D eigenvalue weighted by Gasteiger charge is -2.25. The first-order chi connectivity index (χ1) is 15.3. The monoisotopic (exact) mass is 434 g/mol. The number of hydrogen-bond donors (Lipinski definition) is 1. The van der Waals surface area contributed by atoms with Crippen molar-refractivity contribution in [2.24, 2.45) is 0 Å². The SMILES string of the molecule is Cc1cc(/C=C2\C(=O)NC(=O)N(Cc3ccco3)C2=O)c(C)n1-c1cccc([N+](=O)[O-])c1. The van der Waals surface area contributed by atoms with Gasteiger partial charge in [-0.25, -0.2) is 4.79 Å². The van der Waals surface area contributed by atoms with Crippen LogP contribution in [0.15, 0.2) is 58.7 Å². The zero-order valence-corrected chi connectivity index (χ0v) is 17.2. The van der Waals surface area contributed by atoms with Gasteiger partial charge in [-0.3, -0.25) is 29.9 Å². The van der Waals surface area contributed by atoms with E-state index in [4.69, 9.17) is 4.42 Å².